The Morgan fingerprint density at radius 3 is 2.48 bits per heavy atom. The summed E-state index contributed by atoms with van der Waals surface area (Å²) in [6, 6.07) is 0. The number of hydrogen-bond acceptors (Lipinski definition) is 5. The SMILES string of the molecule is CCCCOC1CCCC(C(=O)N(CCN)C(=O)OC(C)(C)C)CC1. The van der Waals surface area contributed by atoms with Crippen LogP contribution in [0.25, 0.3) is 0 Å². The molecule has 0 radical (unpaired) electrons. The summed E-state index contributed by atoms with van der Waals surface area (Å²) in [5.41, 5.74) is 4.96. The number of imide groups is 1. The van der Waals surface area contributed by atoms with Crippen molar-refractivity contribution < 1.29 is 19.1 Å². The number of unbranched alkanes of at least 4 members (excludes halogenated alkanes) is 1. The normalized spacial score (nSPS) is 21.5. The molecule has 1 aliphatic carbocycles. The first-order valence-electron chi connectivity index (χ1n) is 9.64. The highest BCUT2D eigenvalue weighted by Crippen LogP contribution is 2.27. The van der Waals surface area contributed by atoms with E-state index in [4.69, 9.17) is 15.2 Å². The first-order chi connectivity index (χ1) is 11.8. The molecule has 0 aromatic rings. The summed E-state index contributed by atoms with van der Waals surface area (Å²) in [6.45, 7) is 8.74. The summed E-state index contributed by atoms with van der Waals surface area (Å²) in [5, 5.41) is 0. The molecule has 0 heterocycles. The lowest BCUT2D eigenvalue weighted by atomic mass is 9.98. The van der Waals surface area contributed by atoms with Gasteiger partial charge < -0.3 is 15.2 Å². The van der Waals surface area contributed by atoms with Gasteiger partial charge in [0.2, 0.25) is 5.91 Å². The van der Waals surface area contributed by atoms with E-state index in [1.807, 2.05) is 0 Å². The summed E-state index contributed by atoms with van der Waals surface area (Å²) in [7, 11) is 0. The van der Waals surface area contributed by atoms with Gasteiger partial charge in [0.15, 0.2) is 0 Å². The van der Waals surface area contributed by atoms with Gasteiger partial charge in [-0.15, -0.1) is 0 Å². The summed E-state index contributed by atoms with van der Waals surface area (Å²) >= 11 is 0. The zero-order valence-electron chi connectivity index (χ0n) is 16.4. The van der Waals surface area contributed by atoms with Crippen LogP contribution in [0.5, 0.6) is 0 Å². The van der Waals surface area contributed by atoms with Gasteiger partial charge in [0.25, 0.3) is 0 Å². The van der Waals surface area contributed by atoms with Crippen molar-refractivity contribution in [3.63, 3.8) is 0 Å². The second kappa shape index (κ2) is 10.8. The van der Waals surface area contributed by atoms with Gasteiger partial charge in [-0.3, -0.25) is 4.79 Å². The molecule has 0 aromatic carbocycles. The number of hydrogen-bond donors (Lipinski definition) is 1. The third-order valence-electron chi connectivity index (χ3n) is 4.35. The predicted octanol–water partition coefficient (Wildman–Crippen LogP) is 3.47. The number of nitrogens with zero attached hydrogens (tertiary/aromatic N) is 1. The molecule has 6 heteroatoms. The maximum Gasteiger partial charge on any atom is 0.417 e. The van der Waals surface area contributed by atoms with Crippen molar-refractivity contribution in [3.05, 3.63) is 0 Å². The molecule has 0 aliphatic heterocycles. The van der Waals surface area contributed by atoms with E-state index in [0.717, 1.165) is 51.6 Å². The van der Waals surface area contributed by atoms with Gasteiger partial charge in [-0.2, -0.15) is 0 Å². The monoisotopic (exact) mass is 356 g/mol. The Kier molecular flexibility index (Phi) is 9.43. The van der Waals surface area contributed by atoms with Gasteiger partial charge in [-0.05, 0) is 52.9 Å². The molecular weight excluding hydrogens is 320 g/mol. The molecule has 25 heavy (non-hydrogen) atoms. The van der Waals surface area contributed by atoms with Crippen LogP contribution in [-0.4, -0.2) is 48.3 Å². The van der Waals surface area contributed by atoms with E-state index in [1.54, 1.807) is 20.8 Å². The first-order valence-corrected chi connectivity index (χ1v) is 9.64. The molecule has 2 atom stereocenters. The molecule has 1 fully saturated rings. The smallest absolute Gasteiger partial charge is 0.417 e. The van der Waals surface area contributed by atoms with E-state index in [-0.39, 0.29) is 31.0 Å². The fraction of sp³-hybridized carbons (Fsp3) is 0.895. The van der Waals surface area contributed by atoms with Crippen molar-refractivity contribution in [1.29, 1.82) is 0 Å². The molecule has 2 amide bonds. The fourth-order valence-electron chi connectivity index (χ4n) is 3.03. The minimum Gasteiger partial charge on any atom is -0.443 e. The van der Waals surface area contributed by atoms with Gasteiger partial charge in [-0.1, -0.05) is 19.8 Å². The lowest BCUT2D eigenvalue weighted by Crippen LogP contribution is -2.46. The van der Waals surface area contributed by atoms with Gasteiger partial charge in [0, 0.05) is 25.6 Å². The third kappa shape index (κ3) is 8.19. The van der Waals surface area contributed by atoms with Gasteiger partial charge in [0.1, 0.15) is 5.60 Å². The first kappa shape index (κ1) is 21.9. The van der Waals surface area contributed by atoms with Crippen molar-refractivity contribution in [2.24, 2.45) is 11.7 Å². The number of carbonyl (C=O) groups excluding carboxylic acids is 2. The van der Waals surface area contributed by atoms with E-state index in [0.29, 0.717) is 0 Å². The number of nitrogens with two attached hydrogens (primary N) is 1. The zero-order chi connectivity index (χ0) is 18.9. The number of carbonyl (C=O) groups is 2. The van der Waals surface area contributed by atoms with Crippen LogP contribution >= 0.6 is 0 Å². The maximum atomic E-state index is 12.9. The number of ether oxygens (including phenoxy) is 2. The van der Waals surface area contributed by atoms with Gasteiger partial charge in [-0.25, -0.2) is 9.69 Å². The Hall–Kier alpha value is -1.14. The van der Waals surface area contributed by atoms with Crippen LogP contribution in [0.3, 0.4) is 0 Å². The molecule has 1 saturated carbocycles. The zero-order valence-corrected chi connectivity index (χ0v) is 16.4. The molecular formula is C19H36N2O4. The second-order valence-electron chi connectivity index (χ2n) is 7.81. The van der Waals surface area contributed by atoms with Crippen molar-refractivity contribution in [1.82, 2.24) is 4.90 Å². The fourth-order valence-corrected chi connectivity index (χ4v) is 3.03. The molecule has 0 saturated heterocycles. The Bertz CT molecular complexity index is 420. The summed E-state index contributed by atoms with van der Waals surface area (Å²) in [5.74, 6) is -0.312. The largest absolute Gasteiger partial charge is 0.443 e. The molecule has 146 valence electrons. The van der Waals surface area contributed by atoms with E-state index in [1.165, 1.54) is 4.90 Å². The van der Waals surface area contributed by atoms with E-state index in [2.05, 4.69) is 6.92 Å². The topological polar surface area (TPSA) is 81.9 Å². The van der Waals surface area contributed by atoms with E-state index >= 15 is 0 Å². The number of rotatable bonds is 7. The molecule has 1 rings (SSSR count). The van der Waals surface area contributed by atoms with Crippen molar-refractivity contribution >= 4 is 12.0 Å². The molecule has 2 N–H and O–H groups in total. The molecule has 0 bridgehead atoms. The molecule has 1 aliphatic rings. The molecule has 0 spiro atoms. The molecule has 6 nitrogen and oxygen atoms in total. The lowest BCUT2D eigenvalue weighted by molar-refractivity contribution is -0.135. The van der Waals surface area contributed by atoms with Crippen molar-refractivity contribution in [3.8, 4) is 0 Å². The highest BCUT2D eigenvalue weighted by molar-refractivity contribution is 5.93. The minimum atomic E-state index is -0.633. The van der Waals surface area contributed by atoms with Crippen LogP contribution in [0.4, 0.5) is 4.79 Å². The third-order valence-corrected chi connectivity index (χ3v) is 4.35. The van der Waals surface area contributed by atoms with Gasteiger partial charge in [0.05, 0.1) is 6.10 Å². The highest BCUT2D eigenvalue weighted by atomic mass is 16.6. The van der Waals surface area contributed by atoms with Gasteiger partial charge >= 0.3 is 6.09 Å². The number of amides is 2. The van der Waals surface area contributed by atoms with Crippen LogP contribution < -0.4 is 5.73 Å². The highest BCUT2D eigenvalue weighted by Gasteiger charge is 2.33. The van der Waals surface area contributed by atoms with Crippen LogP contribution in [0.15, 0.2) is 0 Å². The summed E-state index contributed by atoms with van der Waals surface area (Å²) in [4.78, 5) is 26.4. The average molecular weight is 357 g/mol. The molecule has 0 aromatic heterocycles. The van der Waals surface area contributed by atoms with Crippen LogP contribution in [0, 0.1) is 5.92 Å². The Labute approximate surface area is 152 Å². The summed E-state index contributed by atoms with van der Waals surface area (Å²) in [6.07, 6.45) is 6.16. The van der Waals surface area contributed by atoms with E-state index in [9.17, 15) is 9.59 Å². The van der Waals surface area contributed by atoms with Crippen molar-refractivity contribution in [2.45, 2.75) is 84.3 Å². The van der Waals surface area contributed by atoms with E-state index < -0.39 is 11.7 Å². The quantitative estimate of drug-likeness (QED) is 0.558. The second-order valence-corrected chi connectivity index (χ2v) is 7.81. The average Bonchev–Trinajstić information content (AvgIpc) is 2.76. The van der Waals surface area contributed by atoms with Crippen LogP contribution in [0.2, 0.25) is 0 Å². The Morgan fingerprint density at radius 2 is 1.88 bits per heavy atom. The lowest BCUT2D eigenvalue weighted by Gasteiger charge is -2.28. The maximum absolute atomic E-state index is 12.9. The molecule has 2 unspecified atom stereocenters. The minimum absolute atomic E-state index is 0.154. The Balaban J connectivity index is 2.63. The Morgan fingerprint density at radius 1 is 1.16 bits per heavy atom. The van der Waals surface area contributed by atoms with Crippen molar-refractivity contribution in [2.75, 3.05) is 19.7 Å². The van der Waals surface area contributed by atoms with Crippen LogP contribution in [0.1, 0.15) is 72.6 Å². The standard InChI is InChI=1S/C19H36N2O4/c1-5-6-14-24-16-9-7-8-15(10-11-16)17(22)21(13-12-20)18(23)25-19(2,3)4/h15-16H,5-14,20H2,1-4H3. The predicted molar refractivity (Wildman–Crippen MR) is 98.2 cm³/mol. The van der Waals surface area contributed by atoms with Crippen LogP contribution in [-0.2, 0) is 14.3 Å². The summed E-state index contributed by atoms with van der Waals surface area (Å²) < 4.78 is 11.3.